The second-order valence-electron chi connectivity index (χ2n) is 5.24. The molecule has 0 spiro atoms. The Hall–Kier alpha value is -3.43. The van der Waals surface area contributed by atoms with Crippen LogP contribution in [0.15, 0.2) is 47.6 Å². The maximum absolute atomic E-state index is 12.1. The van der Waals surface area contributed by atoms with Gasteiger partial charge in [0, 0.05) is 11.3 Å². The van der Waals surface area contributed by atoms with Crippen LogP contribution in [0.1, 0.15) is 5.56 Å². The first-order valence-electron chi connectivity index (χ1n) is 7.84. The van der Waals surface area contributed by atoms with Crippen molar-refractivity contribution in [2.75, 3.05) is 26.1 Å². The van der Waals surface area contributed by atoms with Gasteiger partial charge in [-0.2, -0.15) is 0 Å². The number of rotatable bonds is 8. The Morgan fingerprint density at radius 1 is 1.07 bits per heavy atom. The molecule has 0 aliphatic carbocycles. The first-order chi connectivity index (χ1) is 13.3. The third kappa shape index (κ3) is 6.71. The number of alkyl halides is 3. The molecule has 0 heterocycles. The summed E-state index contributed by atoms with van der Waals surface area (Å²) in [4.78, 5) is 16.7. The molecule has 0 aliphatic rings. The van der Waals surface area contributed by atoms with Crippen LogP contribution in [0.25, 0.3) is 0 Å². The second-order valence-corrected chi connectivity index (χ2v) is 5.24. The molecule has 0 fully saturated rings. The number of nitrogens with one attached hydrogen (secondary N) is 1. The van der Waals surface area contributed by atoms with E-state index in [-0.39, 0.29) is 18.0 Å². The van der Waals surface area contributed by atoms with E-state index in [2.05, 4.69) is 15.2 Å². The van der Waals surface area contributed by atoms with E-state index in [1.165, 1.54) is 32.6 Å². The summed E-state index contributed by atoms with van der Waals surface area (Å²) in [6, 6.07) is 9.80. The van der Waals surface area contributed by atoms with Crippen LogP contribution in [0.2, 0.25) is 0 Å². The fraction of sp³-hybridized carbons (Fsp3) is 0.222. The quantitative estimate of drug-likeness (QED) is 0.543. The normalized spacial score (nSPS) is 11.2. The smallest absolute Gasteiger partial charge is 0.493 e. The molecule has 150 valence electrons. The highest BCUT2D eigenvalue weighted by molar-refractivity contribution is 5.91. The number of benzene rings is 2. The molecule has 1 amide bonds. The predicted molar refractivity (Wildman–Crippen MR) is 94.8 cm³/mol. The van der Waals surface area contributed by atoms with E-state index in [1.807, 2.05) is 0 Å². The van der Waals surface area contributed by atoms with Gasteiger partial charge in [0.05, 0.1) is 20.4 Å². The molecular weight excluding hydrogens is 381 g/mol. The number of nitrogens with zero attached hydrogens (tertiary/aromatic N) is 1. The standard InChI is InChI=1S/C18H17F3N2O5/c1-25-15-8-3-12(9-16(15)26-2)10-22-27-11-17(24)23-13-4-6-14(7-5-13)28-18(19,20)21/h3-10H,11H2,1-2H3,(H,23,24)/b22-10-. The number of oxime groups is 1. The highest BCUT2D eigenvalue weighted by atomic mass is 19.4. The van der Waals surface area contributed by atoms with Gasteiger partial charge in [-0.15, -0.1) is 13.2 Å². The topological polar surface area (TPSA) is 78.4 Å². The molecule has 0 atom stereocenters. The van der Waals surface area contributed by atoms with Gasteiger partial charge in [0.15, 0.2) is 18.1 Å². The van der Waals surface area contributed by atoms with Crippen LogP contribution in [0.3, 0.4) is 0 Å². The molecule has 0 unspecified atom stereocenters. The minimum absolute atomic E-state index is 0.284. The summed E-state index contributed by atoms with van der Waals surface area (Å²) in [5.41, 5.74) is 0.949. The minimum Gasteiger partial charge on any atom is -0.493 e. The Morgan fingerprint density at radius 3 is 2.36 bits per heavy atom. The van der Waals surface area contributed by atoms with Crippen molar-refractivity contribution in [1.82, 2.24) is 0 Å². The predicted octanol–water partition coefficient (Wildman–Crippen LogP) is 3.59. The van der Waals surface area contributed by atoms with Crippen LogP contribution in [0.4, 0.5) is 18.9 Å². The van der Waals surface area contributed by atoms with Gasteiger partial charge in [0.2, 0.25) is 0 Å². The highest BCUT2D eigenvalue weighted by Crippen LogP contribution is 2.27. The van der Waals surface area contributed by atoms with Gasteiger partial charge in [0.25, 0.3) is 5.91 Å². The average Bonchev–Trinajstić information content (AvgIpc) is 2.65. The molecular formula is C18H17F3N2O5. The molecule has 7 nitrogen and oxygen atoms in total. The monoisotopic (exact) mass is 398 g/mol. The molecule has 1 N–H and O–H groups in total. The Kier molecular flexibility index (Phi) is 7.08. The van der Waals surface area contributed by atoms with Gasteiger partial charge < -0.3 is 24.4 Å². The number of ether oxygens (including phenoxy) is 3. The van der Waals surface area contributed by atoms with E-state index in [4.69, 9.17) is 14.3 Å². The van der Waals surface area contributed by atoms with Crippen molar-refractivity contribution in [2.24, 2.45) is 5.16 Å². The lowest BCUT2D eigenvalue weighted by atomic mass is 10.2. The summed E-state index contributed by atoms with van der Waals surface area (Å²) < 4.78 is 50.3. The molecule has 2 rings (SSSR count). The first kappa shape index (κ1) is 20.9. The fourth-order valence-corrected chi connectivity index (χ4v) is 2.06. The summed E-state index contributed by atoms with van der Waals surface area (Å²) in [5, 5.41) is 6.13. The van der Waals surface area contributed by atoms with Gasteiger partial charge >= 0.3 is 6.36 Å². The van der Waals surface area contributed by atoms with Crippen molar-refractivity contribution in [3.05, 3.63) is 48.0 Å². The lowest BCUT2D eigenvalue weighted by molar-refractivity contribution is -0.274. The zero-order chi connectivity index (χ0) is 20.6. The minimum atomic E-state index is -4.77. The van der Waals surface area contributed by atoms with Gasteiger partial charge in [-0.05, 0) is 42.5 Å². The van der Waals surface area contributed by atoms with Gasteiger partial charge in [-0.3, -0.25) is 4.79 Å². The van der Waals surface area contributed by atoms with Crippen LogP contribution < -0.4 is 19.5 Å². The number of carbonyl (C=O) groups is 1. The molecule has 2 aromatic rings. The van der Waals surface area contributed by atoms with Gasteiger partial charge in [0.1, 0.15) is 5.75 Å². The first-order valence-corrected chi connectivity index (χ1v) is 7.84. The molecule has 2 aromatic carbocycles. The molecule has 0 radical (unpaired) electrons. The van der Waals surface area contributed by atoms with E-state index in [0.717, 1.165) is 12.1 Å². The number of hydrogen-bond donors (Lipinski definition) is 1. The van der Waals surface area contributed by atoms with E-state index < -0.39 is 12.3 Å². The summed E-state index contributed by atoms with van der Waals surface area (Å²) in [5.74, 6) is 0.156. The van der Waals surface area contributed by atoms with Crippen LogP contribution in [0.5, 0.6) is 17.2 Å². The van der Waals surface area contributed by atoms with Crippen LogP contribution in [-0.4, -0.2) is 39.3 Å². The third-order valence-corrected chi connectivity index (χ3v) is 3.25. The van der Waals surface area contributed by atoms with Crippen molar-refractivity contribution in [2.45, 2.75) is 6.36 Å². The number of amides is 1. The molecule has 0 saturated carbocycles. The zero-order valence-electron chi connectivity index (χ0n) is 14.9. The highest BCUT2D eigenvalue weighted by Gasteiger charge is 2.30. The molecule has 0 aliphatic heterocycles. The maximum atomic E-state index is 12.1. The zero-order valence-corrected chi connectivity index (χ0v) is 14.9. The van der Waals surface area contributed by atoms with Crippen molar-refractivity contribution < 1.29 is 37.0 Å². The molecule has 0 aromatic heterocycles. The van der Waals surface area contributed by atoms with E-state index in [9.17, 15) is 18.0 Å². The average molecular weight is 398 g/mol. The molecule has 10 heteroatoms. The Labute approximate surface area is 158 Å². The van der Waals surface area contributed by atoms with Crippen LogP contribution in [0, 0.1) is 0 Å². The molecule has 0 bridgehead atoms. The summed E-state index contributed by atoms with van der Waals surface area (Å²) >= 11 is 0. The van der Waals surface area contributed by atoms with Crippen LogP contribution in [-0.2, 0) is 9.63 Å². The third-order valence-electron chi connectivity index (χ3n) is 3.25. The largest absolute Gasteiger partial charge is 0.573 e. The van der Waals surface area contributed by atoms with Crippen molar-refractivity contribution in [3.8, 4) is 17.2 Å². The fourth-order valence-electron chi connectivity index (χ4n) is 2.06. The van der Waals surface area contributed by atoms with Gasteiger partial charge in [-0.1, -0.05) is 5.16 Å². The Bertz CT molecular complexity index is 823. The Balaban J connectivity index is 1.82. The summed E-state index contributed by atoms with van der Waals surface area (Å²) in [7, 11) is 3.02. The molecule has 0 saturated heterocycles. The van der Waals surface area contributed by atoms with Crippen LogP contribution >= 0.6 is 0 Å². The maximum Gasteiger partial charge on any atom is 0.573 e. The van der Waals surface area contributed by atoms with Crippen molar-refractivity contribution in [1.29, 1.82) is 0 Å². The van der Waals surface area contributed by atoms with Crippen molar-refractivity contribution in [3.63, 3.8) is 0 Å². The van der Waals surface area contributed by atoms with E-state index in [1.54, 1.807) is 18.2 Å². The summed E-state index contributed by atoms with van der Waals surface area (Å²) in [6.07, 6.45) is -3.39. The number of carbonyl (C=O) groups excluding carboxylic acids is 1. The SMILES string of the molecule is COc1ccc(/C=N\OCC(=O)Nc2ccc(OC(F)(F)F)cc2)cc1OC. The lowest BCUT2D eigenvalue weighted by Gasteiger charge is -2.09. The number of hydrogen-bond acceptors (Lipinski definition) is 6. The summed E-state index contributed by atoms with van der Waals surface area (Å²) in [6.45, 7) is -0.384. The number of methoxy groups -OCH3 is 2. The number of halogens is 3. The number of anilines is 1. The second kappa shape index (κ2) is 9.49. The molecule has 28 heavy (non-hydrogen) atoms. The van der Waals surface area contributed by atoms with E-state index in [0.29, 0.717) is 17.1 Å². The Morgan fingerprint density at radius 2 is 1.75 bits per heavy atom. The van der Waals surface area contributed by atoms with E-state index >= 15 is 0 Å². The lowest BCUT2D eigenvalue weighted by Crippen LogP contribution is -2.18. The van der Waals surface area contributed by atoms with Crippen molar-refractivity contribution >= 4 is 17.8 Å². The van der Waals surface area contributed by atoms with Gasteiger partial charge in [-0.25, -0.2) is 0 Å².